The lowest BCUT2D eigenvalue weighted by Crippen LogP contribution is -2.21. The molecular formula is C14H19Br2N. The Hall–Kier alpha value is 0.140. The van der Waals surface area contributed by atoms with Gasteiger partial charge in [-0.15, -0.1) is 0 Å². The van der Waals surface area contributed by atoms with E-state index in [1.807, 2.05) is 6.07 Å². The summed E-state index contributed by atoms with van der Waals surface area (Å²) < 4.78 is 2.25. The van der Waals surface area contributed by atoms with E-state index in [1.54, 1.807) is 0 Å². The van der Waals surface area contributed by atoms with Gasteiger partial charge >= 0.3 is 0 Å². The highest BCUT2D eigenvalue weighted by atomic mass is 79.9. The van der Waals surface area contributed by atoms with Crippen molar-refractivity contribution < 1.29 is 0 Å². The normalized spacial score (nSPS) is 19.9. The summed E-state index contributed by atoms with van der Waals surface area (Å²) in [5.41, 5.74) is 7.70. The number of benzene rings is 1. The van der Waals surface area contributed by atoms with Crippen molar-refractivity contribution in [3.8, 4) is 0 Å². The van der Waals surface area contributed by atoms with Crippen molar-refractivity contribution in [2.24, 2.45) is 11.7 Å². The highest BCUT2D eigenvalue weighted by Crippen LogP contribution is 2.35. The van der Waals surface area contributed by atoms with Crippen molar-refractivity contribution in [3.05, 3.63) is 32.7 Å². The molecule has 1 aromatic carbocycles. The lowest BCUT2D eigenvalue weighted by atomic mass is 9.88. The van der Waals surface area contributed by atoms with Gasteiger partial charge in [0, 0.05) is 15.0 Å². The molecule has 0 saturated heterocycles. The summed E-state index contributed by atoms with van der Waals surface area (Å²) in [7, 11) is 0. The molecule has 0 heterocycles. The second-order valence-electron chi connectivity index (χ2n) is 4.94. The van der Waals surface area contributed by atoms with E-state index in [4.69, 9.17) is 5.73 Å². The molecule has 1 aliphatic carbocycles. The van der Waals surface area contributed by atoms with E-state index < -0.39 is 0 Å². The monoisotopic (exact) mass is 359 g/mol. The van der Waals surface area contributed by atoms with Crippen LogP contribution in [0.5, 0.6) is 0 Å². The molecule has 1 fully saturated rings. The SMILES string of the molecule is NC(c1cc(Br)ccc1Br)C1CCCCCC1. The minimum Gasteiger partial charge on any atom is -0.324 e. The van der Waals surface area contributed by atoms with E-state index in [0.29, 0.717) is 5.92 Å². The summed E-state index contributed by atoms with van der Waals surface area (Å²) in [5, 5.41) is 0. The molecule has 1 saturated carbocycles. The maximum absolute atomic E-state index is 6.46. The lowest BCUT2D eigenvalue weighted by Gasteiger charge is -2.24. The summed E-state index contributed by atoms with van der Waals surface area (Å²) in [5.74, 6) is 0.642. The molecule has 0 amide bonds. The first-order valence-electron chi connectivity index (χ1n) is 6.39. The minimum absolute atomic E-state index is 0.167. The fourth-order valence-corrected chi connectivity index (χ4v) is 3.58. The zero-order valence-electron chi connectivity index (χ0n) is 9.96. The van der Waals surface area contributed by atoms with Gasteiger partial charge < -0.3 is 5.73 Å². The first-order chi connectivity index (χ1) is 8.18. The lowest BCUT2D eigenvalue weighted by molar-refractivity contribution is 0.381. The van der Waals surface area contributed by atoms with Crippen LogP contribution in [0.2, 0.25) is 0 Å². The molecule has 3 heteroatoms. The van der Waals surface area contributed by atoms with Crippen molar-refractivity contribution >= 4 is 31.9 Å². The first-order valence-corrected chi connectivity index (χ1v) is 7.97. The Balaban J connectivity index is 2.16. The molecule has 1 atom stereocenters. The Kier molecular flexibility index (Phi) is 5.07. The van der Waals surface area contributed by atoms with Crippen LogP contribution in [-0.4, -0.2) is 0 Å². The molecule has 1 aromatic rings. The number of hydrogen-bond donors (Lipinski definition) is 1. The zero-order valence-corrected chi connectivity index (χ0v) is 13.1. The molecule has 0 bridgehead atoms. The van der Waals surface area contributed by atoms with Crippen LogP contribution in [0, 0.1) is 5.92 Å². The van der Waals surface area contributed by atoms with Gasteiger partial charge in [0.15, 0.2) is 0 Å². The molecule has 1 aliphatic rings. The maximum atomic E-state index is 6.46. The zero-order chi connectivity index (χ0) is 12.3. The van der Waals surface area contributed by atoms with Gasteiger partial charge in [0.25, 0.3) is 0 Å². The fourth-order valence-electron chi connectivity index (χ4n) is 2.69. The summed E-state index contributed by atoms with van der Waals surface area (Å²) in [6.07, 6.45) is 7.99. The van der Waals surface area contributed by atoms with Gasteiger partial charge in [0.2, 0.25) is 0 Å². The largest absolute Gasteiger partial charge is 0.324 e. The van der Waals surface area contributed by atoms with E-state index >= 15 is 0 Å². The topological polar surface area (TPSA) is 26.0 Å². The third-order valence-corrected chi connectivity index (χ3v) is 4.94. The molecule has 0 aromatic heterocycles. The summed E-state index contributed by atoms with van der Waals surface area (Å²) in [6, 6.07) is 6.45. The van der Waals surface area contributed by atoms with Gasteiger partial charge in [-0.2, -0.15) is 0 Å². The van der Waals surface area contributed by atoms with E-state index in [-0.39, 0.29) is 6.04 Å². The number of rotatable bonds is 2. The predicted molar refractivity (Wildman–Crippen MR) is 80.0 cm³/mol. The molecule has 1 unspecified atom stereocenters. The van der Waals surface area contributed by atoms with Gasteiger partial charge in [-0.25, -0.2) is 0 Å². The Morgan fingerprint density at radius 2 is 1.71 bits per heavy atom. The standard InChI is InChI=1S/C14H19Br2N/c15-11-7-8-13(16)12(9-11)14(17)10-5-3-1-2-4-6-10/h7-10,14H,1-6,17H2. The molecule has 1 nitrogen and oxygen atoms in total. The molecule has 94 valence electrons. The van der Waals surface area contributed by atoms with Crippen LogP contribution in [0.15, 0.2) is 27.1 Å². The molecule has 2 N–H and O–H groups in total. The van der Waals surface area contributed by atoms with Gasteiger partial charge in [0.1, 0.15) is 0 Å². The average Bonchev–Trinajstić information content (AvgIpc) is 2.60. The van der Waals surface area contributed by atoms with E-state index in [9.17, 15) is 0 Å². The van der Waals surface area contributed by atoms with Crippen molar-refractivity contribution in [2.75, 3.05) is 0 Å². The van der Waals surface area contributed by atoms with Crippen molar-refractivity contribution in [2.45, 2.75) is 44.6 Å². The van der Waals surface area contributed by atoms with Gasteiger partial charge in [0.05, 0.1) is 0 Å². The van der Waals surface area contributed by atoms with Crippen LogP contribution in [0.3, 0.4) is 0 Å². The fraction of sp³-hybridized carbons (Fsp3) is 0.571. The molecule has 0 aliphatic heterocycles. The second-order valence-corrected chi connectivity index (χ2v) is 6.71. The van der Waals surface area contributed by atoms with E-state index in [0.717, 1.165) is 8.95 Å². The molecular weight excluding hydrogens is 342 g/mol. The molecule has 0 spiro atoms. The van der Waals surface area contributed by atoms with Crippen LogP contribution in [0.4, 0.5) is 0 Å². The summed E-state index contributed by atoms with van der Waals surface area (Å²) in [6.45, 7) is 0. The predicted octanol–water partition coefficient (Wildman–Crippen LogP) is 5.18. The smallest absolute Gasteiger partial charge is 0.0335 e. The second kappa shape index (κ2) is 6.35. The van der Waals surface area contributed by atoms with Crippen LogP contribution in [-0.2, 0) is 0 Å². The third kappa shape index (κ3) is 3.55. The Morgan fingerprint density at radius 3 is 2.35 bits per heavy atom. The number of halogens is 2. The van der Waals surface area contributed by atoms with Crippen LogP contribution >= 0.6 is 31.9 Å². The average molecular weight is 361 g/mol. The Bertz CT molecular complexity index is 370. The minimum atomic E-state index is 0.167. The van der Waals surface area contributed by atoms with Crippen LogP contribution < -0.4 is 5.73 Å². The quantitative estimate of drug-likeness (QED) is 0.722. The highest BCUT2D eigenvalue weighted by molar-refractivity contribution is 9.11. The molecule has 17 heavy (non-hydrogen) atoms. The number of nitrogens with two attached hydrogens (primary N) is 1. The Morgan fingerprint density at radius 1 is 1.06 bits per heavy atom. The molecule has 2 rings (SSSR count). The maximum Gasteiger partial charge on any atom is 0.0335 e. The van der Waals surface area contributed by atoms with Crippen molar-refractivity contribution in [3.63, 3.8) is 0 Å². The summed E-state index contributed by atoms with van der Waals surface area (Å²) in [4.78, 5) is 0. The van der Waals surface area contributed by atoms with Crippen LogP contribution in [0.25, 0.3) is 0 Å². The third-order valence-electron chi connectivity index (χ3n) is 3.72. The van der Waals surface area contributed by atoms with E-state index in [2.05, 4.69) is 44.0 Å². The van der Waals surface area contributed by atoms with Crippen molar-refractivity contribution in [1.82, 2.24) is 0 Å². The molecule has 0 radical (unpaired) electrons. The highest BCUT2D eigenvalue weighted by Gasteiger charge is 2.22. The first kappa shape index (κ1) is 13.6. The van der Waals surface area contributed by atoms with Gasteiger partial charge in [-0.05, 0) is 42.5 Å². The Labute approximate surface area is 120 Å². The van der Waals surface area contributed by atoms with Crippen molar-refractivity contribution in [1.29, 1.82) is 0 Å². The van der Waals surface area contributed by atoms with Crippen LogP contribution in [0.1, 0.15) is 50.1 Å². The van der Waals surface area contributed by atoms with Gasteiger partial charge in [-0.3, -0.25) is 0 Å². The number of hydrogen-bond acceptors (Lipinski definition) is 1. The van der Waals surface area contributed by atoms with Gasteiger partial charge in [-0.1, -0.05) is 57.5 Å². The van der Waals surface area contributed by atoms with E-state index in [1.165, 1.54) is 44.1 Å². The summed E-state index contributed by atoms with van der Waals surface area (Å²) >= 11 is 7.14.